The maximum Gasteiger partial charge on any atom is 0.0719 e. The van der Waals surface area contributed by atoms with E-state index < -0.39 is 0 Å². The highest BCUT2D eigenvalue weighted by Crippen LogP contribution is 2.45. The van der Waals surface area contributed by atoms with Crippen molar-refractivity contribution in [2.45, 2.75) is 0 Å². The molecule has 0 saturated carbocycles. The van der Waals surface area contributed by atoms with E-state index >= 15 is 0 Å². The standard InChI is InChI=1S/C52H34N2S/c1-4-13-35(14-5-1)38-25-31-49-46(33-38)44-29-30-45-47-34-39(26-32-50(47)55-52(45)51(44)54(49)41-19-8-3-9-20-41)36-23-27-42(28-24-36)53(40-17-6-2-7-18-40)48-22-12-16-37-15-10-11-21-43(37)48/h1-34H. The van der Waals surface area contributed by atoms with Crippen molar-refractivity contribution in [1.29, 1.82) is 0 Å². The third kappa shape index (κ3) is 5.24. The normalized spacial score (nSPS) is 11.6. The molecule has 0 aliphatic carbocycles. The zero-order chi connectivity index (χ0) is 36.3. The Bertz CT molecular complexity index is 3170. The first-order chi connectivity index (χ1) is 27.3. The summed E-state index contributed by atoms with van der Waals surface area (Å²) in [5, 5.41) is 7.59. The fourth-order valence-corrected chi connectivity index (χ4v) is 9.60. The van der Waals surface area contributed by atoms with Crippen LogP contribution in [0.25, 0.3) is 80.7 Å². The number of fused-ring (bicyclic) bond motifs is 8. The van der Waals surface area contributed by atoms with Crippen molar-refractivity contribution in [3.63, 3.8) is 0 Å². The molecule has 0 spiro atoms. The summed E-state index contributed by atoms with van der Waals surface area (Å²) in [5.41, 5.74) is 12.0. The van der Waals surface area contributed by atoms with Gasteiger partial charge in [0, 0.05) is 48.7 Å². The third-order valence-corrected chi connectivity index (χ3v) is 12.2. The van der Waals surface area contributed by atoms with Crippen LogP contribution in [0, 0.1) is 0 Å². The van der Waals surface area contributed by atoms with E-state index in [1.807, 2.05) is 11.3 Å². The molecule has 258 valence electrons. The second kappa shape index (κ2) is 12.9. The molecule has 2 nitrogen and oxygen atoms in total. The zero-order valence-electron chi connectivity index (χ0n) is 29.9. The van der Waals surface area contributed by atoms with E-state index in [1.54, 1.807) is 0 Å². The Morgan fingerprint density at radius 3 is 1.78 bits per heavy atom. The van der Waals surface area contributed by atoms with E-state index in [2.05, 4.69) is 216 Å². The van der Waals surface area contributed by atoms with Gasteiger partial charge in [-0.15, -0.1) is 11.3 Å². The predicted octanol–water partition coefficient (Wildman–Crippen LogP) is 15.1. The molecule has 0 bridgehead atoms. The molecule has 0 aliphatic rings. The molecule has 55 heavy (non-hydrogen) atoms. The molecule has 0 aliphatic heterocycles. The second-order valence-electron chi connectivity index (χ2n) is 14.1. The summed E-state index contributed by atoms with van der Waals surface area (Å²) in [6.45, 7) is 0. The average molecular weight is 719 g/mol. The van der Waals surface area contributed by atoms with Crippen LogP contribution >= 0.6 is 11.3 Å². The van der Waals surface area contributed by atoms with E-state index in [9.17, 15) is 0 Å². The highest BCUT2D eigenvalue weighted by molar-refractivity contribution is 7.26. The van der Waals surface area contributed by atoms with Crippen molar-refractivity contribution in [3.8, 4) is 27.9 Å². The molecule has 11 rings (SSSR count). The van der Waals surface area contributed by atoms with Gasteiger partial charge in [0.05, 0.1) is 21.4 Å². The number of hydrogen-bond acceptors (Lipinski definition) is 2. The lowest BCUT2D eigenvalue weighted by molar-refractivity contribution is 1.19. The zero-order valence-corrected chi connectivity index (χ0v) is 30.7. The van der Waals surface area contributed by atoms with Gasteiger partial charge in [0.25, 0.3) is 0 Å². The Balaban J connectivity index is 1.05. The summed E-state index contributed by atoms with van der Waals surface area (Å²) >= 11 is 1.89. The molecule has 2 heterocycles. The highest BCUT2D eigenvalue weighted by Gasteiger charge is 2.20. The van der Waals surface area contributed by atoms with E-state index in [0.717, 1.165) is 11.4 Å². The van der Waals surface area contributed by atoms with Crippen LogP contribution in [-0.2, 0) is 0 Å². The van der Waals surface area contributed by atoms with Crippen LogP contribution in [-0.4, -0.2) is 4.57 Å². The molecule has 0 N–H and O–H groups in total. The van der Waals surface area contributed by atoms with Gasteiger partial charge in [0.1, 0.15) is 0 Å². The number of thiophene rings is 1. The number of anilines is 3. The van der Waals surface area contributed by atoms with Crippen LogP contribution in [0.4, 0.5) is 17.1 Å². The Hall–Kier alpha value is -6.94. The summed E-state index contributed by atoms with van der Waals surface area (Å²) in [4.78, 5) is 2.36. The van der Waals surface area contributed by atoms with Gasteiger partial charge < -0.3 is 9.47 Å². The van der Waals surface area contributed by atoms with Gasteiger partial charge in [0.2, 0.25) is 0 Å². The Morgan fingerprint density at radius 1 is 0.382 bits per heavy atom. The summed E-state index contributed by atoms with van der Waals surface area (Å²) in [7, 11) is 0. The summed E-state index contributed by atoms with van der Waals surface area (Å²) in [6.07, 6.45) is 0. The van der Waals surface area contributed by atoms with Crippen molar-refractivity contribution in [2.24, 2.45) is 0 Å². The number of nitrogens with zero attached hydrogens (tertiary/aromatic N) is 2. The maximum atomic E-state index is 2.46. The molecular weight excluding hydrogens is 685 g/mol. The topological polar surface area (TPSA) is 8.17 Å². The van der Waals surface area contributed by atoms with Crippen molar-refractivity contribution < 1.29 is 0 Å². The molecule has 0 amide bonds. The van der Waals surface area contributed by atoms with Crippen molar-refractivity contribution in [2.75, 3.05) is 4.90 Å². The molecule has 0 atom stereocenters. The maximum absolute atomic E-state index is 2.46. The van der Waals surface area contributed by atoms with Crippen LogP contribution in [0.5, 0.6) is 0 Å². The summed E-state index contributed by atoms with van der Waals surface area (Å²) in [5.74, 6) is 0. The van der Waals surface area contributed by atoms with E-state index in [0.29, 0.717) is 0 Å². The predicted molar refractivity (Wildman–Crippen MR) is 237 cm³/mol. The van der Waals surface area contributed by atoms with Gasteiger partial charge in [-0.3, -0.25) is 0 Å². The van der Waals surface area contributed by atoms with Gasteiger partial charge in [-0.2, -0.15) is 0 Å². The van der Waals surface area contributed by atoms with Crippen LogP contribution in [0.1, 0.15) is 0 Å². The molecule has 0 radical (unpaired) electrons. The average Bonchev–Trinajstić information content (AvgIpc) is 3.80. The Labute approximate surface area is 323 Å². The van der Waals surface area contributed by atoms with E-state index in [1.165, 1.54) is 86.4 Å². The van der Waals surface area contributed by atoms with Crippen LogP contribution < -0.4 is 4.90 Å². The number of benzene rings is 9. The minimum absolute atomic E-state index is 1.12. The highest BCUT2D eigenvalue weighted by atomic mass is 32.1. The SMILES string of the molecule is c1ccc(-c2ccc3c(c2)c2ccc4c5cc(-c6ccc(N(c7ccccc7)c7cccc8ccccc78)cc6)ccc5sc4c2n3-c2ccccc2)cc1. The Kier molecular flexibility index (Phi) is 7.39. The second-order valence-corrected chi connectivity index (χ2v) is 15.2. The lowest BCUT2D eigenvalue weighted by Crippen LogP contribution is -2.10. The van der Waals surface area contributed by atoms with Crippen LogP contribution in [0.2, 0.25) is 0 Å². The smallest absolute Gasteiger partial charge is 0.0719 e. The monoisotopic (exact) mass is 718 g/mol. The lowest BCUT2D eigenvalue weighted by Gasteiger charge is -2.27. The first kappa shape index (κ1) is 31.6. The van der Waals surface area contributed by atoms with Crippen LogP contribution in [0.3, 0.4) is 0 Å². The van der Waals surface area contributed by atoms with Crippen molar-refractivity contribution in [1.82, 2.24) is 4.57 Å². The molecule has 3 heteroatoms. The minimum Gasteiger partial charge on any atom is -0.310 e. The number of para-hydroxylation sites is 2. The first-order valence-electron chi connectivity index (χ1n) is 18.8. The fourth-order valence-electron chi connectivity index (χ4n) is 8.38. The van der Waals surface area contributed by atoms with Crippen LogP contribution in [0.15, 0.2) is 206 Å². The first-order valence-corrected chi connectivity index (χ1v) is 19.6. The summed E-state index contributed by atoms with van der Waals surface area (Å²) in [6, 6.07) is 74.9. The molecule has 0 fully saturated rings. The quantitative estimate of drug-likeness (QED) is 0.166. The van der Waals surface area contributed by atoms with Gasteiger partial charge in [0.15, 0.2) is 0 Å². The van der Waals surface area contributed by atoms with E-state index in [-0.39, 0.29) is 0 Å². The fraction of sp³-hybridized carbons (Fsp3) is 0. The third-order valence-electron chi connectivity index (χ3n) is 11.0. The van der Waals surface area contributed by atoms with Gasteiger partial charge in [-0.25, -0.2) is 0 Å². The van der Waals surface area contributed by atoms with Gasteiger partial charge in [-0.1, -0.05) is 140 Å². The molecule has 0 unspecified atom stereocenters. The largest absolute Gasteiger partial charge is 0.310 e. The van der Waals surface area contributed by atoms with Gasteiger partial charge >= 0.3 is 0 Å². The number of aromatic nitrogens is 1. The van der Waals surface area contributed by atoms with Gasteiger partial charge in [-0.05, 0) is 94.4 Å². The molecule has 0 saturated heterocycles. The molecule has 2 aromatic heterocycles. The Morgan fingerprint density at radius 2 is 0.982 bits per heavy atom. The van der Waals surface area contributed by atoms with Crippen molar-refractivity contribution >= 4 is 81.1 Å². The van der Waals surface area contributed by atoms with E-state index in [4.69, 9.17) is 0 Å². The van der Waals surface area contributed by atoms with Crippen molar-refractivity contribution in [3.05, 3.63) is 206 Å². The molecule has 9 aromatic carbocycles. The lowest BCUT2D eigenvalue weighted by atomic mass is 10.0. The minimum atomic E-state index is 1.12. The summed E-state index contributed by atoms with van der Waals surface area (Å²) < 4.78 is 5.07. The molecular formula is C52H34N2S. The number of hydrogen-bond donors (Lipinski definition) is 0. The number of rotatable bonds is 6. The molecule has 11 aromatic rings.